The van der Waals surface area contributed by atoms with Crippen LogP contribution in [0.5, 0.6) is 0 Å². The molecule has 0 saturated carbocycles. The Morgan fingerprint density at radius 2 is 2.13 bits per heavy atom. The van der Waals surface area contributed by atoms with E-state index in [1.54, 1.807) is 0 Å². The highest BCUT2D eigenvalue weighted by Gasteiger charge is 2.17. The van der Waals surface area contributed by atoms with Gasteiger partial charge in [0.2, 0.25) is 5.96 Å². The fraction of sp³-hybridized carbons (Fsp3) is 0.364. The Kier molecular flexibility index (Phi) is 2.76. The second-order valence-electron chi connectivity index (χ2n) is 3.70. The van der Waals surface area contributed by atoms with Crippen LogP contribution in [0.1, 0.15) is 18.4 Å². The third-order valence-corrected chi connectivity index (χ3v) is 2.74. The molecule has 15 heavy (non-hydrogen) atoms. The predicted octanol–water partition coefficient (Wildman–Crippen LogP) is 1.53. The van der Waals surface area contributed by atoms with Crippen molar-refractivity contribution in [3.05, 3.63) is 29.8 Å². The van der Waals surface area contributed by atoms with E-state index < -0.39 is 0 Å². The average Bonchev–Trinajstić information content (AvgIpc) is 2.50. The molecule has 0 aromatic heterocycles. The van der Waals surface area contributed by atoms with Crippen molar-refractivity contribution in [1.29, 1.82) is 0 Å². The molecule has 0 atom stereocenters. The second kappa shape index (κ2) is 4.21. The molecule has 0 bridgehead atoms. The number of nitrogens with two attached hydrogens (primary N) is 1. The predicted molar refractivity (Wildman–Crippen MR) is 60.1 cm³/mol. The molecule has 4 nitrogen and oxygen atoms in total. The van der Waals surface area contributed by atoms with Crippen molar-refractivity contribution in [2.24, 2.45) is 10.9 Å². The zero-order valence-corrected chi connectivity index (χ0v) is 8.56. The summed E-state index contributed by atoms with van der Waals surface area (Å²) in [5.74, 6) is 0.171. The molecule has 1 aromatic carbocycles. The first-order chi connectivity index (χ1) is 7.33. The first-order valence-corrected chi connectivity index (χ1v) is 5.16. The van der Waals surface area contributed by atoms with Gasteiger partial charge in [-0.15, -0.1) is 0 Å². The lowest BCUT2D eigenvalue weighted by atomic mass is 10.1. The van der Waals surface area contributed by atoms with Crippen LogP contribution in [0.2, 0.25) is 0 Å². The Balaban J connectivity index is 2.41. The van der Waals surface area contributed by atoms with E-state index in [4.69, 9.17) is 10.9 Å². The van der Waals surface area contributed by atoms with Crippen molar-refractivity contribution in [1.82, 2.24) is 0 Å². The number of para-hydroxylation sites is 1. The highest BCUT2D eigenvalue weighted by atomic mass is 16.4. The number of nitrogens with zero attached hydrogens (tertiary/aromatic N) is 2. The highest BCUT2D eigenvalue weighted by Crippen LogP contribution is 2.25. The van der Waals surface area contributed by atoms with E-state index in [9.17, 15) is 0 Å². The summed E-state index contributed by atoms with van der Waals surface area (Å²) in [5, 5.41) is 11.8. The molecule has 3 N–H and O–H groups in total. The van der Waals surface area contributed by atoms with E-state index in [1.165, 1.54) is 5.56 Å². The van der Waals surface area contributed by atoms with Crippen molar-refractivity contribution in [2.45, 2.75) is 19.3 Å². The van der Waals surface area contributed by atoms with Crippen LogP contribution in [0.15, 0.2) is 29.4 Å². The number of fused-ring (bicyclic) bond motifs is 1. The SMILES string of the molecule is NC(=NO)N1CCCCc2ccccc21. The smallest absolute Gasteiger partial charge is 0.237 e. The summed E-state index contributed by atoms with van der Waals surface area (Å²) >= 11 is 0. The molecule has 0 fully saturated rings. The zero-order chi connectivity index (χ0) is 10.7. The third kappa shape index (κ3) is 1.88. The topological polar surface area (TPSA) is 61.9 Å². The Morgan fingerprint density at radius 1 is 1.33 bits per heavy atom. The summed E-state index contributed by atoms with van der Waals surface area (Å²) in [6.07, 6.45) is 3.27. The number of hydrogen-bond donors (Lipinski definition) is 2. The van der Waals surface area contributed by atoms with Crippen molar-refractivity contribution < 1.29 is 5.21 Å². The lowest BCUT2D eigenvalue weighted by Gasteiger charge is -2.22. The van der Waals surface area contributed by atoms with Gasteiger partial charge in [-0.1, -0.05) is 23.4 Å². The molecule has 1 heterocycles. The van der Waals surface area contributed by atoms with Crippen LogP contribution in [-0.4, -0.2) is 17.7 Å². The molecule has 0 spiro atoms. The molecule has 2 rings (SSSR count). The van der Waals surface area contributed by atoms with Crippen molar-refractivity contribution in [3.63, 3.8) is 0 Å². The van der Waals surface area contributed by atoms with Crippen LogP contribution in [0, 0.1) is 0 Å². The largest absolute Gasteiger partial charge is 0.408 e. The highest BCUT2D eigenvalue weighted by molar-refractivity contribution is 5.95. The zero-order valence-electron chi connectivity index (χ0n) is 8.56. The van der Waals surface area contributed by atoms with E-state index in [0.717, 1.165) is 31.5 Å². The number of benzene rings is 1. The van der Waals surface area contributed by atoms with Crippen LogP contribution < -0.4 is 10.6 Å². The van der Waals surface area contributed by atoms with Gasteiger partial charge in [0.1, 0.15) is 0 Å². The summed E-state index contributed by atoms with van der Waals surface area (Å²) in [6.45, 7) is 0.812. The van der Waals surface area contributed by atoms with Gasteiger partial charge in [0, 0.05) is 12.2 Å². The Labute approximate surface area is 89.0 Å². The number of anilines is 1. The minimum Gasteiger partial charge on any atom is -0.408 e. The molecule has 0 radical (unpaired) electrons. The molecule has 0 aliphatic carbocycles. The number of aryl methyl sites for hydroxylation is 1. The average molecular weight is 205 g/mol. The minimum atomic E-state index is 0.171. The van der Waals surface area contributed by atoms with Crippen molar-refractivity contribution in [2.75, 3.05) is 11.4 Å². The first kappa shape index (κ1) is 9.83. The Hall–Kier alpha value is -1.71. The van der Waals surface area contributed by atoms with Gasteiger partial charge >= 0.3 is 0 Å². The van der Waals surface area contributed by atoms with Crippen LogP contribution in [0.4, 0.5) is 5.69 Å². The number of oxime groups is 1. The Bertz CT molecular complexity index is 376. The molecule has 1 aromatic rings. The standard InChI is InChI=1S/C11H15N3O/c12-11(13-15)14-8-4-3-6-9-5-1-2-7-10(9)14/h1-2,5,7,15H,3-4,6,8H2,(H2,12,13). The summed E-state index contributed by atoms with van der Waals surface area (Å²) in [7, 11) is 0. The van der Waals surface area contributed by atoms with Gasteiger partial charge in [0.15, 0.2) is 0 Å². The van der Waals surface area contributed by atoms with Crippen LogP contribution in [-0.2, 0) is 6.42 Å². The summed E-state index contributed by atoms with van der Waals surface area (Å²) in [5.41, 5.74) is 7.98. The second-order valence-corrected chi connectivity index (χ2v) is 3.70. The molecule has 0 unspecified atom stereocenters. The maximum Gasteiger partial charge on any atom is 0.237 e. The fourth-order valence-corrected chi connectivity index (χ4v) is 1.98. The molecule has 1 aliphatic rings. The quantitative estimate of drug-likeness (QED) is 0.292. The maximum atomic E-state index is 8.73. The molecule has 0 saturated heterocycles. The van der Waals surface area contributed by atoms with Gasteiger partial charge in [-0.2, -0.15) is 0 Å². The number of guanidine groups is 1. The van der Waals surface area contributed by atoms with E-state index in [0.29, 0.717) is 0 Å². The number of hydrogen-bond acceptors (Lipinski definition) is 2. The van der Waals surface area contributed by atoms with E-state index >= 15 is 0 Å². The molecule has 1 aliphatic heterocycles. The van der Waals surface area contributed by atoms with E-state index in [2.05, 4.69) is 11.2 Å². The van der Waals surface area contributed by atoms with Gasteiger partial charge in [-0.3, -0.25) is 0 Å². The molecular weight excluding hydrogens is 190 g/mol. The van der Waals surface area contributed by atoms with Gasteiger partial charge < -0.3 is 15.8 Å². The van der Waals surface area contributed by atoms with Crippen LogP contribution in [0.25, 0.3) is 0 Å². The molecule has 0 amide bonds. The summed E-state index contributed by atoms with van der Waals surface area (Å²) in [4.78, 5) is 1.86. The molecule has 80 valence electrons. The Morgan fingerprint density at radius 3 is 2.93 bits per heavy atom. The van der Waals surface area contributed by atoms with Crippen molar-refractivity contribution >= 4 is 11.6 Å². The van der Waals surface area contributed by atoms with Gasteiger partial charge in [-0.25, -0.2) is 0 Å². The fourth-order valence-electron chi connectivity index (χ4n) is 1.98. The van der Waals surface area contributed by atoms with Gasteiger partial charge in [0.05, 0.1) is 0 Å². The van der Waals surface area contributed by atoms with E-state index in [-0.39, 0.29) is 5.96 Å². The maximum absolute atomic E-state index is 8.73. The monoisotopic (exact) mass is 205 g/mol. The van der Waals surface area contributed by atoms with Gasteiger partial charge in [0.25, 0.3) is 0 Å². The third-order valence-electron chi connectivity index (χ3n) is 2.74. The lowest BCUT2D eigenvalue weighted by molar-refractivity contribution is 0.317. The first-order valence-electron chi connectivity index (χ1n) is 5.16. The summed E-state index contributed by atoms with van der Waals surface area (Å²) < 4.78 is 0. The minimum absolute atomic E-state index is 0.171. The lowest BCUT2D eigenvalue weighted by Crippen LogP contribution is -2.38. The summed E-state index contributed by atoms with van der Waals surface area (Å²) in [6, 6.07) is 8.10. The number of rotatable bonds is 0. The molecule has 4 heteroatoms. The van der Waals surface area contributed by atoms with Gasteiger partial charge in [-0.05, 0) is 30.9 Å². The van der Waals surface area contributed by atoms with E-state index in [1.807, 2.05) is 23.1 Å². The van der Waals surface area contributed by atoms with Crippen LogP contribution in [0.3, 0.4) is 0 Å². The molecular formula is C11H15N3O. The van der Waals surface area contributed by atoms with Crippen molar-refractivity contribution in [3.8, 4) is 0 Å². The normalized spacial score (nSPS) is 17.1. The van der Waals surface area contributed by atoms with Crippen LogP contribution >= 0.6 is 0 Å².